The zero-order valence-electron chi connectivity index (χ0n) is 8.44. The molecule has 80 valence electrons. The molecule has 0 aliphatic rings. The minimum atomic E-state index is -1.03. The van der Waals surface area contributed by atoms with Crippen LogP contribution in [0.25, 0.3) is 0 Å². The summed E-state index contributed by atoms with van der Waals surface area (Å²) in [5.74, 6) is -0.436. The van der Waals surface area contributed by atoms with Gasteiger partial charge in [-0.2, -0.15) is 0 Å². The molecule has 4 nitrogen and oxygen atoms in total. The van der Waals surface area contributed by atoms with Gasteiger partial charge in [-0.05, 0) is 20.3 Å². The molecule has 0 saturated carbocycles. The highest BCUT2D eigenvalue weighted by Gasteiger charge is 2.32. The smallest absolute Gasteiger partial charge is 0.0852 e. The molecule has 0 amide bonds. The zero-order chi connectivity index (χ0) is 10.6. The summed E-state index contributed by atoms with van der Waals surface area (Å²) >= 11 is 0. The zero-order valence-corrected chi connectivity index (χ0v) is 8.44. The highest BCUT2D eigenvalue weighted by molar-refractivity contribution is 4.83. The minimum Gasteiger partial charge on any atom is -0.396 e. The summed E-state index contributed by atoms with van der Waals surface area (Å²) in [4.78, 5) is 0. The van der Waals surface area contributed by atoms with Gasteiger partial charge >= 0.3 is 0 Å². The number of hydrogen-bond donors (Lipinski definition) is 4. The molecule has 0 aromatic rings. The van der Waals surface area contributed by atoms with Crippen molar-refractivity contribution in [3.63, 3.8) is 0 Å². The van der Waals surface area contributed by atoms with E-state index in [9.17, 15) is 15.3 Å². The summed E-state index contributed by atoms with van der Waals surface area (Å²) < 4.78 is 0. The second kappa shape index (κ2) is 4.91. The molecule has 4 heteroatoms. The predicted molar refractivity (Wildman–Crippen MR) is 49.2 cm³/mol. The molecule has 3 unspecified atom stereocenters. The first kappa shape index (κ1) is 12.8. The maximum absolute atomic E-state index is 9.54. The highest BCUT2D eigenvalue weighted by Crippen LogP contribution is 2.22. The van der Waals surface area contributed by atoms with Crippen molar-refractivity contribution in [3.8, 4) is 0 Å². The predicted octanol–water partition coefficient (Wildman–Crippen LogP) is -0.502. The SMILES string of the molecule is CC(C(O)C(O)CCO)C(C)(C)O. The van der Waals surface area contributed by atoms with Crippen LogP contribution in [0, 0.1) is 5.92 Å². The maximum atomic E-state index is 9.54. The standard InChI is InChI=1S/C9H20O4/c1-6(9(2,3)13)8(12)7(11)4-5-10/h6-8,10-13H,4-5H2,1-3H3. The first-order valence-electron chi connectivity index (χ1n) is 4.50. The highest BCUT2D eigenvalue weighted by atomic mass is 16.3. The molecule has 0 spiro atoms. The van der Waals surface area contributed by atoms with Crippen molar-refractivity contribution in [2.24, 2.45) is 5.92 Å². The lowest BCUT2D eigenvalue weighted by Crippen LogP contribution is -2.43. The van der Waals surface area contributed by atoms with E-state index >= 15 is 0 Å². The van der Waals surface area contributed by atoms with Crippen LogP contribution >= 0.6 is 0 Å². The lowest BCUT2D eigenvalue weighted by atomic mass is 9.85. The Morgan fingerprint density at radius 2 is 1.69 bits per heavy atom. The Labute approximate surface area is 78.8 Å². The lowest BCUT2D eigenvalue weighted by Gasteiger charge is -2.32. The Morgan fingerprint density at radius 3 is 2.00 bits per heavy atom. The molecule has 0 saturated heterocycles. The molecular formula is C9H20O4. The van der Waals surface area contributed by atoms with E-state index in [0.717, 1.165) is 0 Å². The normalized spacial score (nSPS) is 19.6. The van der Waals surface area contributed by atoms with E-state index in [4.69, 9.17) is 5.11 Å². The Kier molecular flexibility index (Phi) is 4.85. The van der Waals surface area contributed by atoms with Crippen molar-refractivity contribution in [3.05, 3.63) is 0 Å². The molecule has 0 fully saturated rings. The fraction of sp³-hybridized carbons (Fsp3) is 1.00. The van der Waals surface area contributed by atoms with E-state index in [-0.39, 0.29) is 13.0 Å². The number of aliphatic hydroxyl groups is 4. The van der Waals surface area contributed by atoms with Crippen molar-refractivity contribution in [1.82, 2.24) is 0 Å². The van der Waals surface area contributed by atoms with Gasteiger partial charge in [0.2, 0.25) is 0 Å². The average molecular weight is 192 g/mol. The van der Waals surface area contributed by atoms with Crippen molar-refractivity contribution in [2.45, 2.75) is 45.0 Å². The molecule has 0 aliphatic heterocycles. The van der Waals surface area contributed by atoms with Crippen molar-refractivity contribution in [1.29, 1.82) is 0 Å². The second-order valence-electron chi connectivity index (χ2n) is 4.01. The van der Waals surface area contributed by atoms with Crippen LogP contribution in [0.15, 0.2) is 0 Å². The summed E-state index contributed by atoms with van der Waals surface area (Å²) in [7, 11) is 0. The van der Waals surface area contributed by atoms with E-state index in [2.05, 4.69) is 0 Å². The summed E-state index contributed by atoms with van der Waals surface area (Å²) in [5, 5.41) is 36.9. The van der Waals surface area contributed by atoms with Crippen LogP contribution < -0.4 is 0 Å². The first-order valence-corrected chi connectivity index (χ1v) is 4.50. The molecule has 3 atom stereocenters. The van der Waals surface area contributed by atoms with Crippen LogP contribution in [0.1, 0.15) is 27.2 Å². The fourth-order valence-corrected chi connectivity index (χ4v) is 1.05. The van der Waals surface area contributed by atoms with Gasteiger partial charge in [0.1, 0.15) is 0 Å². The van der Waals surface area contributed by atoms with Crippen LogP contribution in [-0.2, 0) is 0 Å². The lowest BCUT2D eigenvalue weighted by molar-refractivity contribution is -0.0892. The van der Waals surface area contributed by atoms with Crippen LogP contribution in [0.5, 0.6) is 0 Å². The topological polar surface area (TPSA) is 80.9 Å². The first-order chi connectivity index (χ1) is 5.80. The van der Waals surface area contributed by atoms with E-state index < -0.39 is 23.7 Å². The van der Waals surface area contributed by atoms with Crippen LogP contribution in [-0.4, -0.2) is 44.8 Å². The van der Waals surface area contributed by atoms with Gasteiger partial charge in [0.15, 0.2) is 0 Å². The van der Waals surface area contributed by atoms with Crippen LogP contribution in [0.2, 0.25) is 0 Å². The Morgan fingerprint density at radius 1 is 1.23 bits per heavy atom. The van der Waals surface area contributed by atoms with Crippen LogP contribution in [0.3, 0.4) is 0 Å². The Balaban J connectivity index is 4.16. The average Bonchev–Trinajstić information content (AvgIpc) is 2.00. The van der Waals surface area contributed by atoms with Gasteiger partial charge < -0.3 is 20.4 Å². The van der Waals surface area contributed by atoms with Gasteiger partial charge in [-0.25, -0.2) is 0 Å². The van der Waals surface area contributed by atoms with Gasteiger partial charge in [-0.1, -0.05) is 6.92 Å². The molecule has 0 bridgehead atoms. The third-order valence-electron chi connectivity index (χ3n) is 2.45. The van der Waals surface area contributed by atoms with Crippen molar-refractivity contribution < 1.29 is 20.4 Å². The Bertz CT molecular complexity index is 141. The molecular weight excluding hydrogens is 172 g/mol. The summed E-state index contributed by atoms with van der Waals surface area (Å²) in [6.07, 6.45) is -1.86. The summed E-state index contributed by atoms with van der Waals surface area (Å²) in [5.41, 5.74) is -1.03. The minimum absolute atomic E-state index is 0.127. The van der Waals surface area contributed by atoms with E-state index in [0.29, 0.717) is 0 Å². The summed E-state index contributed by atoms with van der Waals surface area (Å²) in [6.45, 7) is 4.64. The molecule has 0 aliphatic carbocycles. The Hall–Kier alpha value is -0.160. The summed E-state index contributed by atoms with van der Waals surface area (Å²) in [6, 6.07) is 0. The van der Waals surface area contributed by atoms with Gasteiger partial charge in [0, 0.05) is 12.5 Å². The molecule has 0 rings (SSSR count). The molecule has 13 heavy (non-hydrogen) atoms. The van der Waals surface area contributed by atoms with Crippen molar-refractivity contribution >= 4 is 0 Å². The molecule has 0 heterocycles. The quantitative estimate of drug-likeness (QED) is 0.473. The van der Waals surface area contributed by atoms with Crippen molar-refractivity contribution in [2.75, 3.05) is 6.61 Å². The molecule has 4 N–H and O–H groups in total. The largest absolute Gasteiger partial charge is 0.396 e. The number of rotatable bonds is 5. The molecule has 0 aromatic heterocycles. The van der Waals surface area contributed by atoms with Gasteiger partial charge in [0.25, 0.3) is 0 Å². The second-order valence-corrected chi connectivity index (χ2v) is 4.01. The van der Waals surface area contributed by atoms with E-state index in [1.165, 1.54) is 0 Å². The van der Waals surface area contributed by atoms with E-state index in [1.54, 1.807) is 20.8 Å². The third kappa shape index (κ3) is 4.04. The van der Waals surface area contributed by atoms with Crippen LogP contribution in [0.4, 0.5) is 0 Å². The van der Waals surface area contributed by atoms with Gasteiger partial charge in [0.05, 0.1) is 17.8 Å². The van der Waals surface area contributed by atoms with Gasteiger partial charge in [-0.3, -0.25) is 0 Å². The number of hydrogen-bond acceptors (Lipinski definition) is 4. The monoisotopic (exact) mass is 192 g/mol. The maximum Gasteiger partial charge on any atom is 0.0852 e. The third-order valence-corrected chi connectivity index (χ3v) is 2.45. The fourth-order valence-electron chi connectivity index (χ4n) is 1.05. The molecule has 0 radical (unpaired) electrons. The van der Waals surface area contributed by atoms with Gasteiger partial charge in [-0.15, -0.1) is 0 Å². The number of aliphatic hydroxyl groups excluding tert-OH is 3. The van der Waals surface area contributed by atoms with E-state index in [1.807, 2.05) is 0 Å². The molecule has 0 aromatic carbocycles.